The highest BCUT2D eigenvalue weighted by Gasteiger charge is 2.34. The second-order valence-corrected chi connectivity index (χ2v) is 4.46. The monoisotopic (exact) mass is 316 g/mol. The first-order valence-electron chi connectivity index (χ1n) is 5.65. The zero-order valence-electron chi connectivity index (χ0n) is 10.3. The summed E-state index contributed by atoms with van der Waals surface area (Å²) in [6.45, 7) is 0. The summed E-state index contributed by atoms with van der Waals surface area (Å²) in [5.74, 6) is -0.815. The number of hydrogen-bond acceptors (Lipinski definition) is 2. The molecule has 0 bridgehead atoms. The zero-order chi connectivity index (χ0) is 15.6. The summed E-state index contributed by atoms with van der Waals surface area (Å²) in [4.78, 5) is 25.0. The van der Waals surface area contributed by atoms with Crippen LogP contribution in [0.4, 0.5) is 18.9 Å². The molecule has 0 saturated heterocycles. The number of halogens is 4. The van der Waals surface area contributed by atoms with Crippen LogP contribution in [0.15, 0.2) is 41.3 Å². The van der Waals surface area contributed by atoms with Gasteiger partial charge in [0.05, 0.1) is 21.8 Å². The van der Waals surface area contributed by atoms with Crippen molar-refractivity contribution in [2.24, 2.45) is 0 Å². The van der Waals surface area contributed by atoms with E-state index < -0.39 is 28.9 Å². The first-order chi connectivity index (χ1) is 9.79. The summed E-state index contributed by atoms with van der Waals surface area (Å²) < 4.78 is 38.6. The van der Waals surface area contributed by atoms with Crippen LogP contribution < -0.4 is 10.9 Å². The van der Waals surface area contributed by atoms with Gasteiger partial charge >= 0.3 is 6.18 Å². The number of aromatic nitrogens is 1. The Labute approximate surface area is 121 Å². The Morgan fingerprint density at radius 3 is 2.48 bits per heavy atom. The highest BCUT2D eigenvalue weighted by molar-refractivity contribution is 6.34. The van der Waals surface area contributed by atoms with Crippen LogP contribution in [0.25, 0.3) is 0 Å². The summed E-state index contributed by atoms with van der Waals surface area (Å²) >= 11 is 5.72. The molecular weight excluding hydrogens is 309 g/mol. The minimum Gasteiger partial charge on any atom is -0.328 e. The number of H-pyrrole nitrogens is 1. The van der Waals surface area contributed by atoms with Crippen molar-refractivity contribution in [1.82, 2.24) is 4.98 Å². The lowest BCUT2D eigenvalue weighted by Gasteiger charge is -2.15. The predicted molar refractivity (Wildman–Crippen MR) is 71.5 cm³/mol. The molecule has 1 aromatic carbocycles. The number of carbonyl (C=O) groups excluding carboxylic acids is 1. The van der Waals surface area contributed by atoms with E-state index in [0.717, 1.165) is 24.4 Å². The third kappa shape index (κ3) is 3.43. The van der Waals surface area contributed by atoms with Crippen LogP contribution in [0.3, 0.4) is 0 Å². The van der Waals surface area contributed by atoms with Gasteiger partial charge in [-0.15, -0.1) is 0 Å². The SMILES string of the molecule is O=C(Nc1c(Cl)cccc1C(F)(F)F)c1ccc(=O)[nH]c1. The van der Waals surface area contributed by atoms with E-state index in [9.17, 15) is 22.8 Å². The fourth-order valence-electron chi connectivity index (χ4n) is 1.62. The molecule has 0 unspecified atom stereocenters. The topological polar surface area (TPSA) is 62.0 Å². The average Bonchev–Trinajstić information content (AvgIpc) is 2.40. The van der Waals surface area contributed by atoms with Crippen molar-refractivity contribution < 1.29 is 18.0 Å². The second kappa shape index (κ2) is 5.61. The van der Waals surface area contributed by atoms with Crippen molar-refractivity contribution in [3.8, 4) is 0 Å². The molecular formula is C13H8ClF3N2O2. The molecule has 2 aromatic rings. The number of aromatic amines is 1. The van der Waals surface area contributed by atoms with E-state index in [2.05, 4.69) is 10.3 Å². The third-order valence-corrected chi connectivity index (χ3v) is 2.92. The molecule has 0 spiro atoms. The molecule has 0 saturated carbocycles. The Morgan fingerprint density at radius 1 is 1.19 bits per heavy atom. The molecule has 0 aliphatic rings. The van der Waals surface area contributed by atoms with Crippen LogP contribution in [-0.2, 0) is 6.18 Å². The number of alkyl halides is 3. The number of rotatable bonds is 2. The highest BCUT2D eigenvalue weighted by atomic mass is 35.5. The molecule has 1 amide bonds. The summed E-state index contributed by atoms with van der Waals surface area (Å²) in [5.41, 5.74) is -2.00. The van der Waals surface area contributed by atoms with E-state index >= 15 is 0 Å². The molecule has 1 aromatic heterocycles. The normalized spacial score (nSPS) is 11.2. The van der Waals surface area contributed by atoms with Gasteiger partial charge < -0.3 is 10.3 Å². The first kappa shape index (κ1) is 15.1. The third-order valence-electron chi connectivity index (χ3n) is 2.60. The molecule has 8 heteroatoms. The predicted octanol–water partition coefficient (Wildman–Crippen LogP) is 3.30. The lowest BCUT2D eigenvalue weighted by atomic mass is 10.1. The summed E-state index contributed by atoms with van der Waals surface area (Å²) in [5, 5.41) is 1.87. The number of hydrogen-bond donors (Lipinski definition) is 2. The van der Waals surface area contributed by atoms with Crippen molar-refractivity contribution >= 4 is 23.2 Å². The molecule has 0 aliphatic carbocycles. The molecule has 2 N–H and O–H groups in total. The Bertz CT molecular complexity index is 720. The largest absolute Gasteiger partial charge is 0.418 e. The Balaban J connectivity index is 2.37. The number of amides is 1. The van der Waals surface area contributed by atoms with Crippen LogP contribution in [0.2, 0.25) is 5.02 Å². The zero-order valence-corrected chi connectivity index (χ0v) is 11.0. The quantitative estimate of drug-likeness (QED) is 0.893. The van der Waals surface area contributed by atoms with Crippen LogP contribution >= 0.6 is 11.6 Å². The fourth-order valence-corrected chi connectivity index (χ4v) is 1.85. The molecule has 0 aliphatic heterocycles. The smallest absolute Gasteiger partial charge is 0.328 e. The number of carbonyl (C=O) groups is 1. The molecule has 110 valence electrons. The second-order valence-electron chi connectivity index (χ2n) is 4.06. The number of para-hydroxylation sites is 1. The Hall–Kier alpha value is -2.28. The van der Waals surface area contributed by atoms with Gasteiger partial charge in [-0.25, -0.2) is 0 Å². The number of pyridine rings is 1. The van der Waals surface area contributed by atoms with Crippen molar-refractivity contribution in [3.05, 3.63) is 63.0 Å². The van der Waals surface area contributed by atoms with Crippen molar-refractivity contribution in [1.29, 1.82) is 0 Å². The van der Waals surface area contributed by atoms with E-state index in [1.165, 1.54) is 12.1 Å². The van der Waals surface area contributed by atoms with Crippen LogP contribution in [0.5, 0.6) is 0 Å². The highest BCUT2D eigenvalue weighted by Crippen LogP contribution is 2.38. The maximum atomic E-state index is 12.9. The summed E-state index contributed by atoms with van der Waals surface area (Å²) in [6, 6.07) is 5.47. The minimum atomic E-state index is -4.65. The van der Waals surface area contributed by atoms with E-state index in [4.69, 9.17) is 11.6 Å². The molecule has 21 heavy (non-hydrogen) atoms. The van der Waals surface area contributed by atoms with Gasteiger partial charge in [0.1, 0.15) is 0 Å². The van der Waals surface area contributed by atoms with Gasteiger partial charge in [0.2, 0.25) is 5.56 Å². The maximum absolute atomic E-state index is 12.9. The van der Waals surface area contributed by atoms with E-state index in [0.29, 0.717) is 0 Å². The minimum absolute atomic E-state index is 0.00245. The van der Waals surface area contributed by atoms with Gasteiger partial charge in [0, 0.05) is 12.3 Å². The van der Waals surface area contributed by atoms with Gasteiger partial charge in [-0.1, -0.05) is 17.7 Å². The Morgan fingerprint density at radius 2 is 1.90 bits per heavy atom. The lowest BCUT2D eigenvalue weighted by Crippen LogP contribution is -2.18. The number of anilines is 1. The number of nitrogens with one attached hydrogen (secondary N) is 2. The van der Waals surface area contributed by atoms with Crippen molar-refractivity contribution in [2.75, 3.05) is 5.32 Å². The molecule has 0 atom stereocenters. The molecule has 4 nitrogen and oxygen atoms in total. The number of benzene rings is 1. The average molecular weight is 317 g/mol. The van der Waals surface area contributed by atoms with Gasteiger partial charge in [0.25, 0.3) is 5.91 Å². The molecule has 0 radical (unpaired) electrons. The summed E-state index contributed by atoms with van der Waals surface area (Å²) in [7, 11) is 0. The van der Waals surface area contributed by atoms with Crippen LogP contribution in [-0.4, -0.2) is 10.9 Å². The van der Waals surface area contributed by atoms with Crippen LogP contribution in [0, 0.1) is 0 Å². The lowest BCUT2D eigenvalue weighted by molar-refractivity contribution is -0.136. The molecule has 2 rings (SSSR count). The first-order valence-corrected chi connectivity index (χ1v) is 6.02. The van der Waals surface area contributed by atoms with Gasteiger partial charge in [0.15, 0.2) is 0 Å². The standard InChI is InChI=1S/C13H8ClF3N2O2/c14-9-3-1-2-8(13(15,16)17)11(9)19-12(21)7-4-5-10(20)18-6-7/h1-6H,(H,18,20)(H,19,21). The molecule has 0 fully saturated rings. The van der Waals surface area contributed by atoms with E-state index in [-0.39, 0.29) is 10.6 Å². The van der Waals surface area contributed by atoms with Gasteiger partial charge in [-0.2, -0.15) is 13.2 Å². The van der Waals surface area contributed by atoms with Crippen molar-refractivity contribution in [2.45, 2.75) is 6.18 Å². The van der Waals surface area contributed by atoms with E-state index in [1.54, 1.807) is 0 Å². The summed E-state index contributed by atoms with van der Waals surface area (Å²) in [6.07, 6.45) is -3.56. The van der Waals surface area contributed by atoms with Crippen LogP contribution in [0.1, 0.15) is 15.9 Å². The van der Waals surface area contributed by atoms with Crippen molar-refractivity contribution in [3.63, 3.8) is 0 Å². The maximum Gasteiger partial charge on any atom is 0.418 e. The van der Waals surface area contributed by atoms with Gasteiger partial charge in [-0.05, 0) is 18.2 Å². The van der Waals surface area contributed by atoms with Gasteiger partial charge in [-0.3, -0.25) is 9.59 Å². The Kier molecular flexibility index (Phi) is 4.04. The fraction of sp³-hybridized carbons (Fsp3) is 0.0769. The molecule has 1 heterocycles. The van der Waals surface area contributed by atoms with E-state index in [1.807, 2.05) is 0 Å².